The number of rotatable bonds is 7. The van der Waals surface area contributed by atoms with Gasteiger partial charge in [0.1, 0.15) is 0 Å². The number of hydrogen-bond acceptors (Lipinski definition) is 3. The molecule has 1 aliphatic heterocycles. The number of morpholine rings is 1. The smallest absolute Gasteiger partial charge is 0.319 e. The van der Waals surface area contributed by atoms with Crippen LogP contribution in [0.1, 0.15) is 30.0 Å². The van der Waals surface area contributed by atoms with Crippen LogP contribution >= 0.6 is 0 Å². The third-order valence-electron chi connectivity index (χ3n) is 4.70. The molecule has 0 aliphatic carbocycles. The van der Waals surface area contributed by atoms with Gasteiger partial charge in [0.15, 0.2) is 0 Å². The number of nitrogens with zero attached hydrogens (tertiary/aromatic N) is 1. The number of carbonyl (C=O) groups excluding carboxylic acids is 1. The maximum absolute atomic E-state index is 12.2. The molecule has 1 saturated heterocycles. The van der Waals surface area contributed by atoms with Crippen LogP contribution in [-0.4, -0.2) is 37.2 Å². The first kappa shape index (κ1) is 19.4. The van der Waals surface area contributed by atoms with Crippen molar-refractivity contribution in [3.05, 3.63) is 65.2 Å². The lowest BCUT2D eigenvalue weighted by Gasteiger charge is -2.26. The fourth-order valence-electron chi connectivity index (χ4n) is 3.26. The summed E-state index contributed by atoms with van der Waals surface area (Å²) in [5, 5.41) is 5.82. The molecule has 27 heavy (non-hydrogen) atoms. The summed E-state index contributed by atoms with van der Waals surface area (Å²) < 4.78 is 5.40. The number of amides is 2. The van der Waals surface area contributed by atoms with Crippen molar-refractivity contribution in [1.82, 2.24) is 10.2 Å². The largest absolute Gasteiger partial charge is 0.379 e. The summed E-state index contributed by atoms with van der Waals surface area (Å²) in [7, 11) is 0. The van der Waals surface area contributed by atoms with Crippen LogP contribution < -0.4 is 10.6 Å². The Bertz CT molecular complexity index is 725. The Morgan fingerprint density at radius 2 is 1.78 bits per heavy atom. The maximum Gasteiger partial charge on any atom is 0.319 e. The first-order valence-electron chi connectivity index (χ1n) is 9.74. The molecule has 1 aliphatic rings. The van der Waals surface area contributed by atoms with Crippen LogP contribution in [0.2, 0.25) is 0 Å². The van der Waals surface area contributed by atoms with Gasteiger partial charge in [-0.05, 0) is 35.2 Å². The van der Waals surface area contributed by atoms with Crippen molar-refractivity contribution < 1.29 is 9.53 Å². The zero-order valence-corrected chi connectivity index (χ0v) is 16.0. The van der Waals surface area contributed by atoms with E-state index >= 15 is 0 Å². The van der Waals surface area contributed by atoms with Crippen molar-refractivity contribution >= 4 is 11.7 Å². The number of aryl methyl sites for hydroxylation is 1. The highest BCUT2D eigenvalue weighted by Gasteiger charge is 2.11. The molecule has 0 unspecified atom stereocenters. The number of anilines is 1. The SMILES string of the molecule is CCCc1ccc(NC(=O)NCc2cccc(CN3CCOCC3)c2)cc1. The van der Waals surface area contributed by atoms with Crippen molar-refractivity contribution in [2.75, 3.05) is 31.6 Å². The second-order valence-electron chi connectivity index (χ2n) is 6.96. The molecular formula is C22H29N3O2. The minimum absolute atomic E-state index is 0.183. The highest BCUT2D eigenvalue weighted by molar-refractivity contribution is 5.89. The van der Waals surface area contributed by atoms with E-state index < -0.39 is 0 Å². The first-order valence-corrected chi connectivity index (χ1v) is 9.74. The van der Waals surface area contributed by atoms with Gasteiger partial charge < -0.3 is 15.4 Å². The van der Waals surface area contributed by atoms with E-state index in [1.807, 2.05) is 18.2 Å². The lowest BCUT2D eigenvalue weighted by Crippen LogP contribution is -2.35. The molecule has 2 amide bonds. The maximum atomic E-state index is 12.2. The number of carbonyl (C=O) groups is 1. The normalized spacial score (nSPS) is 14.7. The molecule has 3 rings (SSSR count). The number of nitrogens with one attached hydrogen (secondary N) is 2. The lowest BCUT2D eigenvalue weighted by atomic mass is 10.1. The van der Waals surface area contributed by atoms with Gasteiger partial charge >= 0.3 is 6.03 Å². The minimum atomic E-state index is -0.183. The summed E-state index contributed by atoms with van der Waals surface area (Å²) in [4.78, 5) is 14.5. The van der Waals surface area contributed by atoms with Crippen LogP contribution in [0.5, 0.6) is 0 Å². The van der Waals surface area contributed by atoms with Gasteiger partial charge in [0, 0.05) is 31.9 Å². The Hall–Kier alpha value is -2.37. The molecule has 2 aromatic carbocycles. The molecule has 0 bridgehead atoms. The minimum Gasteiger partial charge on any atom is -0.379 e. The standard InChI is InChI=1S/C22H29N3O2/c1-2-4-18-7-9-21(10-8-18)24-22(26)23-16-19-5-3-6-20(15-19)17-25-11-13-27-14-12-25/h3,5-10,15H,2,4,11-14,16-17H2,1H3,(H2,23,24,26). The van der Waals surface area contributed by atoms with Gasteiger partial charge in [0.05, 0.1) is 13.2 Å². The third-order valence-corrected chi connectivity index (χ3v) is 4.70. The third kappa shape index (κ3) is 6.38. The number of ether oxygens (including phenoxy) is 1. The quantitative estimate of drug-likeness (QED) is 0.783. The lowest BCUT2D eigenvalue weighted by molar-refractivity contribution is 0.0342. The summed E-state index contributed by atoms with van der Waals surface area (Å²) in [6.45, 7) is 7.16. The molecule has 144 valence electrons. The number of benzene rings is 2. The summed E-state index contributed by atoms with van der Waals surface area (Å²) >= 11 is 0. The summed E-state index contributed by atoms with van der Waals surface area (Å²) in [5.41, 5.74) is 4.48. The van der Waals surface area contributed by atoms with E-state index in [-0.39, 0.29) is 6.03 Å². The Morgan fingerprint density at radius 3 is 2.52 bits per heavy atom. The summed E-state index contributed by atoms with van der Waals surface area (Å²) in [6, 6.07) is 16.2. The Kier molecular flexibility index (Phi) is 7.25. The van der Waals surface area contributed by atoms with E-state index in [9.17, 15) is 4.79 Å². The van der Waals surface area contributed by atoms with Gasteiger partial charge in [-0.2, -0.15) is 0 Å². The van der Waals surface area contributed by atoms with Crippen molar-refractivity contribution in [2.24, 2.45) is 0 Å². The zero-order chi connectivity index (χ0) is 18.9. The monoisotopic (exact) mass is 367 g/mol. The van der Waals surface area contributed by atoms with Gasteiger partial charge in [-0.25, -0.2) is 4.79 Å². The highest BCUT2D eigenvalue weighted by Crippen LogP contribution is 2.12. The van der Waals surface area contributed by atoms with E-state index in [0.29, 0.717) is 6.54 Å². The molecule has 0 radical (unpaired) electrons. The van der Waals surface area contributed by atoms with Crippen molar-refractivity contribution in [1.29, 1.82) is 0 Å². The summed E-state index contributed by atoms with van der Waals surface area (Å²) in [5.74, 6) is 0. The average molecular weight is 367 g/mol. The van der Waals surface area contributed by atoms with Crippen molar-refractivity contribution in [2.45, 2.75) is 32.9 Å². The molecule has 5 nitrogen and oxygen atoms in total. The van der Waals surface area contributed by atoms with Crippen molar-refractivity contribution in [3.63, 3.8) is 0 Å². The molecule has 2 aromatic rings. The topological polar surface area (TPSA) is 53.6 Å². The summed E-state index contributed by atoms with van der Waals surface area (Å²) in [6.07, 6.45) is 2.19. The molecule has 1 fully saturated rings. The Balaban J connectivity index is 1.47. The van der Waals surface area contributed by atoms with Gasteiger partial charge in [0.25, 0.3) is 0 Å². The molecular weight excluding hydrogens is 338 g/mol. The van der Waals surface area contributed by atoms with Gasteiger partial charge in [-0.15, -0.1) is 0 Å². The number of urea groups is 1. The fraction of sp³-hybridized carbons (Fsp3) is 0.409. The molecule has 1 heterocycles. The predicted octanol–water partition coefficient (Wildman–Crippen LogP) is 3.79. The van der Waals surface area contributed by atoms with Gasteiger partial charge in [-0.3, -0.25) is 4.90 Å². The molecule has 0 saturated carbocycles. The molecule has 2 N–H and O–H groups in total. The van der Waals surface area contributed by atoms with E-state index in [4.69, 9.17) is 4.74 Å². The van der Waals surface area contributed by atoms with E-state index in [2.05, 4.69) is 52.8 Å². The Labute approximate surface area is 161 Å². The number of hydrogen-bond donors (Lipinski definition) is 2. The molecule has 0 spiro atoms. The van der Waals surface area contributed by atoms with E-state index in [1.165, 1.54) is 11.1 Å². The van der Waals surface area contributed by atoms with Gasteiger partial charge in [-0.1, -0.05) is 49.7 Å². The van der Waals surface area contributed by atoms with Crippen LogP contribution in [0.3, 0.4) is 0 Å². The average Bonchev–Trinajstić information content (AvgIpc) is 2.69. The fourth-order valence-corrected chi connectivity index (χ4v) is 3.26. The van der Waals surface area contributed by atoms with Crippen LogP contribution in [0.15, 0.2) is 48.5 Å². The van der Waals surface area contributed by atoms with E-state index in [0.717, 1.165) is 56.9 Å². The van der Waals surface area contributed by atoms with Crippen LogP contribution in [0.4, 0.5) is 10.5 Å². The van der Waals surface area contributed by atoms with Gasteiger partial charge in [0.2, 0.25) is 0 Å². The molecule has 0 aromatic heterocycles. The van der Waals surface area contributed by atoms with Crippen LogP contribution in [0, 0.1) is 0 Å². The van der Waals surface area contributed by atoms with Crippen molar-refractivity contribution in [3.8, 4) is 0 Å². The Morgan fingerprint density at radius 1 is 1.04 bits per heavy atom. The first-order chi connectivity index (χ1) is 13.2. The van der Waals surface area contributed by atoms with Crippen LogP contribution in [0.25, 0.3) is 0 Å². The highest BCUT2D eigenvalue weighted by atomic mass is 16.5. The molecule has 0 atom stereocenters. The van der Waals surface area contributed by atoms with Crippen LogP contribution in [-0.2, 0) is 24.2 Å². The molecule has 5 heteroatoms. The predicted molar refractivity (Wildman–Crippen MR) is 109 cm³/mol. The second kappa shape index (κ2) is 10.1. The van der Waals surface area contributed by atoms with E-state index in [1.54, 1.807) is 0 Å². The second-order valence-corrected chi connectivity index (χ2v) is 6.96. The zero-order valence-electron chi connectivity index (χ0n) is 16.0.